The van der Waals surface area contributed by atoms with Crippen LogP contribution >= 0.6 is 0 Å². The summed E-state index contributed by atoms with van der Waals surface area (Å²) < 4.78 is 56.3. The third-order valence-electron chi connectivity index (χ3n) is 6.20. The van der Waals surface area contributed by atoms with Gasteiger partial charge in [0.25, 0.3) is 0 Å². The van der Waals surface area contributed by atoms with E-state index < -0.39 is 27.7 Å². The standard InChI is InChI=1S/C23H26F2N2O3S/c1-3-27(15(2)16-6-8-19(24)9-7-16)31(29,30)20-12-18-10-11-26(23(28)17-4-5-17)14-21(18)22(25)13-20/h6-9,12-13,15,17H,3-5,10-11,14H2,1-2H3/t15-/m0/s1. The number of benzene rings is 2. The van der Waals surface area contributed by atoms with Crippen LogP contribution in [0.4, 0.5) is 8.78 Å². The maximum Gasteiger partial charge on any atom is 0.243 e. The van der Waals surface area contributed by atoms with Crippen molar-refractivity contribution >= 4 is 15.9 Å². The monoisotopic (exact) mass is 448 g/mol. The molecule has 4 rings (SSSR count). The molecule has 31 heavy (non-hydrogen) atoms. The van der Waals surface area contributed by atoms with Gasteiger partial charge in [0.1, 0.15) is 11.6 Å². The van der Waals surface area contributed by atoms with Gasteiger partial charge in [-0.25, -0.2) is 17.2 Å². The second-order valence-electron chi connectivity index (χ2n) is 8.26. The SMILES string of the molecule is CCN([C@@H](C)c1ccc(F)cc1)S(=O)(=O)c1cc(F)c2c(c1)CCN(C(=O)C1CC1)C2. The molecule has 1 amide bonds. The Labute approximate surface area is 181 Å². The lowest BCUT2D eigenvalue weighted by molar-refractivity contribution is -0.133. The molecule has 2 aromatic rings. The van der Waals surface area contributed by atoms with E-state index in [2.05, 4.69) is 0 Å². The Morgan fingerprint density at radius 3 is 2.48 bits per heavy atom. The van der Waals surface area contributed by atoms with Crippen molar-refractivity contribution in [3.05, 3.63) is 64.7 Å². The lowest BCUT2D eigenvalue weighted by Crippen LogP contribution is -2.38. The van der Waals surface area contributed by atoms with E-state index in [-0.39, 0.29) is 29.8 Å². The molecule has 0 radical (unpaired) electrons. The number of carbonyl (C=O) groups is 1. The Morgan fingerprint density at radius 1 is 1.19 bits per heavy atom. The summed E-state index contributed by atoms with van der Waals surface area (Å²) in [5.41, 5.74) is 1.68. The van der Waals surface area contributed by atoms with E-state index in [1.165, 1.54) is 22.5 Å². The van der Waals surface area contributed by atoms with Crippen LogP contribution in [0.5, 0.6) is 0 Å². The molecule has 1 aliphatic heterocycles. The molecule has 1 atom stereocenters. The third-order valence-corrected chi connectivity index (χ3v) is 8.23. The first-order valence-corrected chi connectivity index (χ1v) is 12.0. The van der Waals surface area contributed by atoms with E-state index in [0.717, 1.165) is 18.9 Å². The molecule has 166 valence electrons. The number of rotatable bonds is 6. The number of amides is 1. The summed E-state index contributed by atoms with van der Waals surface area (Å²) in [5.74, 6) is -0.870. The molecule has 0 unspecified atom stereocenters. The van der Waals surface area contributed by atoms with E-state index in [1.54, 1.807) is 30.9 Å². The van der Waals surface area contributed by atoms with Gasteiger partial charge in [0.05, 0.1) is 4.90 Å². The van der Waals surface area contributed by atoms with Gasteiger partial charge >= 0.3 is 0 Å². The van der Waals surface area contributed by atoms with E-state index in [1.807, 2.05) is 0 Å². The first-order chi connectivity index (χ1) is 14.7. The number of hydrogen-bond donors (Lipinski definition) is 0. The van der Waals surface area contributed by atoms with Crippen LogP contribution in [0.15, 0.2) is 41.3 Å². The minimum atomic E-state index is -3.98. The van der Waals surface area contributed by atoms with Gasteiger partial charge in [0.2, 0.25) is 15.9 Å². The topological polar surface area (TPSA) is 57.7 Å². The Morgan fingerprint density at radius 2 is 1.87 bits per heavy atom. The molecule has 2 aromatic carbocycles. The van der Waals surface area contributed by atoms with Crippen molar-refractivity contribution in [2.24, 2.45) is 5.92 Å². The summed E-state index contributed by atoms with van der Waals surface area (Å²) in [4.78, 5) is 13.9. The molecule has 8 heteroatoms. The minimum Gasteiger partial charge on any atom is -0.338 e. The van der Waals surface area contributed by atoms with E-state index in [0.29, 0.717) is 29.7 Å². The highest BCUT2D eigenvalue weighted by molar-refractivity contribution is 7.89. The highest BCUT2D eigenvalue weighted by Gasteiger charge is 2.36. The largest absolute Gasteiger partial charge is 0.338 e. The van der Waals surface area contributed by atoms with E-state index in [4.69, 9.17) is 0 Å². The molecule has 1 fully saturated rings. The molecule has 2 aliphatic rings. The normalized spacial score (nSPS) is 17.5. The zero-order valence-electron chi connectivity index (χ0n) is 17.6. The van der Waals surface area contributed by atoms with Gasteiger partial charge in [-0.1, -0.05) is 19.1 Å². The van der Waals surface area contributed by atoms with Crippen LogP contribution in [-0.4, -0.2) is 36.6 Å². The summed E-state index contributed by atoms with van der Waals surface area (Å²) >= 11 is 0. The van der Waals surface area contributed by atoms with Crippen molar-refractivity contribution in [3.63, 3.8) is 0 Å². The summed E-state index contributed by atoms with van der Waals surface area (Å²) in [6.07, 6.45) is 2.20. The molecule has 0 aromatic heterocycles. The molecule has 0 saturated heterocycles. The van der Waals surface area contributed by atoms with Crippen LogP contribution in [0, 0.1) is 17.6 Å². The third kappa shape index (κ3) is 4.23. The van der Waals surface area contributed by atoms with Crippen LogP contribution in [0.2, 0.25) is 0 Å². The van der Waals surface area contributed by atoms with Crippen molar-refractivity contribution in [2.75, 3.05) is 13.1 Å². The maximum absolute atomic E-state index is 15.0. The number of sulfonamides is 1. The van der Waals surface area contributed by atoms with Crippen LogP contribution in [0.3, 0.4) is 0 Å². The Balaban J connectivity index is 1.62. The van der Waals surface area contributed by atoms with Crippen molar-refractivity contribution in [3.8, 4) is 0 Å². The van der Waals surface area contributed by atoms with E-state index in [9.17, 15) is 22.0 Å². The first-order valence-electron chi connectivity index (χ1n) is 10.6. The fourth-order valence-electron chi connectivity index (χ4n) is 4.21. The fourth-order valence-corrected chi connectivity index (χ4v) is 5.90. The summed E-state index contributed by atoms with van der Waals surface area (Å²) in [5, 5.41) is 0. The molecule has 1 saturated carbocycles. The number of nitrogens with zero attached hydrogens (tertiary/aromatic N) is 2. The van der Waals surface area contributed by atoms with Gasteiger partial charge in [-0.3, -0.25) is 4.79 Å². The maximum atomic E-state index is 15.0. The summed E-state index contributed by atoms with van der Waals surface area (Å²) in [6, 6.07) is 7.74. The van der Waals surface area contributed by atoms with Crippen molar-refractivity contribution in [2.45, 2.75) is 50.6 Å². The predicted octanol–water partition coefficient (Wildman–Crippen LogP) is 4.03. The number of halogens is 2. The number of carbonyl (C=O) groups excluding carboxylic acids is 1. The van der Waals surface area contributed by atoms with Gasteiger partial charge in [0.15, 0.2) is 0 Å². The second-order valence-corrected chi connectivity index (χ2v) is 10.2. The highest BCUT2D eigenvalue weighted by atomic mass is 32.2. The Bertz CT molecular complexity index is 1100. The van der Waals surface area contributed by atoms with Gasteiger partial charge in [-0.2, -0.15) is 4.31 Å². The molecule has 0 spiro atoms. The zero-order valence-corrected chi connectivity index (χ0v) is 18.5. The Hall–Kier alpha value is -2.32. The van der Waals surface area contributed by atoms with Crippen LogP contribution in [0.25, 0.3) is 0 Å². The number of hydrogen-bond acceptors (Lipinski definition) is 3. The molecule has 0 bridgehead atoms. The van der Waals surface area contributed by atoms with Crippen molar-refractivity contribution < 1.29 is 22.0 Å². The van der Waals surface area contributed by atoms with Crippen molar-refractivity contribution in [1.82, 2.24) is 9.21 Å². The van der Waals surface area contributed by atoms with Crippen LogP contribution in [0.1, 0.15) is 49.4 Å². The molecule has 1 heterocycles. The highest BCUT2D eigenvalue weighted by Crippen LogP contribution is 2.35. The van der Waals surface area contributed by atoms with E-state index >= 15 is 0 Å². The predicted molar refractivity (Wildman–Crippen MR) is 113 cm³/mol. The molecule has 5 nitrogen and oxygen atoms in total. The lowest BCUT2D eigenvalue weighted by Gasteiger charge is -2.31. The lowest BCUT2D eigenvalue weighted by atomic mass is 9.99. The Kier molecular flexibility index (Phi) is 5.87. The zero-order chi connectivity index (χ0) is 22.3. The average molecular weight is 449 g/mol. The summed E-state index contributed by atoms with van der Waals surface area (Å²) in [7, 11) is -3.98. The molecular weight excluding hydrogens is 422 g/mol. The van der Waals surface area contributed by atoms with Gasteiger partial charge in [-0.05, 0) is 61.6 Å². The fraction of sp³-hybridized carbons (Fsp3) is 0.435. The molecule has 0 N–H and O–H groups in total. The minimum absolute atomic E-state index is 0.0621. The molecule has 1 aliphatic carbocycles. The van der Waals surface area contributed by atoms with Crippen LogP contribution in [-0.2, 0) is 27.8 Å². The second kappa shape index (κ2) is 8.31. The first kappa shape index (κ1) is 21.9. The molecular formula is C23H26F2N2O3S. The smallest absolute Gasteiger partial charge is 0.243 e. The van der Waals surface area contributed by atoms with Crippen molar-refractivity contribution in [1.29, 1.82) is 0 Å². The van der Waals surface area contributed by atoms with Gasteiger partial charge in [-0.15, -0.1) is 0 Å². The van der Waals surface area contributed by atoms with Gasteiger partial charge < -0.3 is 4.90 Å². The quantitative estimate of drug-likeness (QED) is 0.671. The average Bonchev–Trinajstić information content (AvgIpc) is 3.59. The van der Waals surface area contributed by atoms with Gasteiger partial charge in [0, 0.05) is 37.2 Å². The van der Waals surface area contributed by atoms with Crippen LogP contribution < -0.4 is 0 Å². The summed E-state index contributed by atoms with van der Waals surface area (Å²) in [6.45, 7) is 4.27. The number of fused-ring (bicyclic) bond motifs is 1.